The first-order valence-corrected chi connectivity index (χ1v) is 8.65. The van der Waals surface area contributed by atoms with Crippen LogP contribution >= 0.6 is 11.6 Å². The SMILES string of the molecule is O=C(O)[C@@H]1CN(c2cc(-n3ccnc3)c3ccc(Cl)cc3n2)CC[C@@H]1O. The Labute approximate surface area is 154 Å². The normalized spacial score (nSPS) is 20.5. The van der Waals surface area contributed by atoms with E-state index in [0.29, 0.717) is 23.8 Å². The molecular formula is C18H17ClN4O3. The van der Waals surface area contributed by atoms with Gasteiger partial charge in [-0.25, -0.2) is 9.97 Å². The van der Waals surface area contributed by atoms with Gasteiger partial charge in [-0.2, -0.15) is 0 Å². The van der Waals surface area contributed by atoms with E-state index in [-0.39, 0.29) is 6.54 Å². The van der Waals surface area contributed by atoms with E-state index < -0.39 is 18.0 Å². The molecule has 134 valence electrons. The summed E-state index contributed by atoms with van der Waals surface area (Å²) in [5.41, 5.74) is 1.61. The summed E-state index contributed by atoms with van der Waals surface area (Å²) in [4.78, 5) is 22.1. The van der Waals surface area contributed by atoms with Crippen LogP contribution in [0, 0.1) is 5.92 Å². The van der Waals surface area contributed by atoms with Gasteiger partial charge in [0.05, 0.1) is 23.6 Å². The second-order valence-corrected chi connectivity index (χ2v) is 6.81. The van der Waals surface area contributed by atoms with Crippen LogP contribution in [0.25, 0.3) is 16.6 Å². The van der Waals surface area contributed by atoms with Crippen LogP contribution < -0.4 is 4.90 Å². The number of imidazole rings is 1. The van der Waals surface area contributed by atoms with Gasteiger partial charge in [0.1, 0.15) is 11.7 Å². The molecule has 7 nitrogen and oxygen atoms in total. The van der Waals surface area contributed by atoms with Gasteiger partial charge in [0.2, 0.25) is 0 Å². The van der Waals surface area contributed by atoms with Crippen LogP contribution in [0.3, 0.4) is 0 Å². The zero-order valence-corrected chi connectivity index (χ0v) is 14.5. The van der Waals surface area contributed by atoms with Gasteiger partial charge in [0.15, 0.2) is 0 Å². The maximum atomic E-state index is 11.4. The number of benzene rings is 1. The van der Waals surface area contributed by atoms with Crippen molar-refractivity contribution in [1.29, 1.82) is 0 Å². The van der Waals surface area contributed by atoms with Crippen molar-refractivity contribution >= 4 is 34.3 Å². The molecule has 1 aromatic carbocycles. The van der Waals surface area contributed by atoms with E-state index in [1.807, 2.05) is 33.9 Å². The summed E-state index contributed by atoms with van der Waals surface area (Å²) < 4.78 is 1.88. The van der Waals surface area contributed by atoms with Crippen molar-refractivity contribution in [2.45, 2.75) is 12.5 Å². The van der Waals surface area contributed by atoms with Gasteiger partial charge in [-0.05, 0) is 24.6 Å². The number of nitrogens with zero attached hydrogens (tertiary/aromatic N) is 4. The lowest BCUT2D eigenvalue weighted by Gasteiger charge is -2.35. The fourth-order valence-corrected chi connectivity index (χ4v) is 3.50. The molecule has 0 bridgehead atoms. The molecule has 1 fully saturated rings. The number of aliphatic carboxylic acids is 1. The van der Waals surface area contributed by atoms with Gasteiger partial charge in [-0.1, -0.05) is 11.6 Å². The maximum absolute atomic E-state index is 11.4. The number of rotatable bonds is 3. The topological polar surface area (TPSA) is 91.5 Å². The molecule has 0 amide bonds. The Balaban J connectivity index is 1.82. The van der Waals surface area contributed by atoms with E-state index in [1.54, 1.807) is 18.6 Å². The third-order valence-corrected chi connectivity index (χ3v) is 4.97. The molecule has 0 aliphatic carbocycles. The van der Waals surface area contributed by atoms with Crippen LogP contribution in [-0.2, 0) is 4.79 Å². The number of fused-ring (bicyclic) bond motifs is 1. The van der Waals surface area contributed by atoms with Gasteiger partial charge < -0.3 is 19.7 Å². The zero-order chi connectivity index (χ0) is 18.3. The molecule has 2 N–H and O–H groups in total. The number of carboxylic acid groups (broad SMARTS) is 1. The minimum absolute atomic E-state index is 0.207. The number of hydrogen-bond acceptors (Lipinski definition) is 5. The van der Waals surface area contributed by atoms with Crippen LogP contribution in [-0.4, -0.2) is 49.9 Å². The first-order valence-electron chi connectivity index (χ1n) is 8.27. The van der Waals surface area contributed by atoms with Crippen LogP contribution in [0.5, 0.6) is 0 Å². The van der Waals surface area contributed by atoms with Crippen molar-refractivity contribution < 1.29 is 15.0 Å². The van der Waals surface area contributed by atoms with Crippen LogP contribution in [0.2, 0.25) is 5.02 Å². The van der Waals surface area contributed by atoms with Gasteiger partial charge in [-0.3, -0.25) is 4.79 Å². The number of carboxylic acids is 1. The van der Waals surface area contributed by atoms with Gasteiger partial charge in [0, 0.05) is 42.0 Å². The number of piperidine rings is 1. The van der Waals surface area contributed by atoms with Crippen molar-refractivity contribution in [2.24, 2.45) is 5.92 Å². The van der Waals surface area contributed by atoms with Crippen molar-refractivity contribution in [3.63, 3.8) is 0 Å². The Morgan fingerprint density at radius 3 is 2.88 bits per heavy atom. The van der Waals surface area contributed by atoms with Crippen LogP contribution in [0.4, 0.5) is 5.82 Å². The van der Waals surface area contributed by atoms with E-state index in [9.17, 15) is 15.0 Å². The lowest BCUT2D eigenvalue weighted by atomic mass is 9.95. The highest BCUT2D eigenvalue weighted by Gasteiger charge is 2.33. The highest BCUT2D eigenvalue weighted by Crippen LogP contribution is 2.30. The predicted molar refractivity (Wildman–Crippen MR) is 97.8 cm³/mol. The summed E-state index contributed by atoms with van der Waals surface area (Å²) in [7, 11) is 0. The Morgan fingerprint density at radius 2 is 2.15 bits per heavy atom. The number of hydrogen-bond donors (Lipinski definition) is 2. The largest absolute Gasteiger partial charge is 0.481 e. The van der Waals surface area contributed by atoms with Gasteiger partial charge >= 0.3 is 5.97 Å². The zero-order valence-electron chi connectivity index (χ0n) is 13.8. The monoisotopic (exact) mass is 372 g/mol. The van der Waals surface area contributed by atoms with Gasteiger partial charge in [-0.15, -0.1) is 0 Å². The molecule has 1 aliphatic heterocycles. The minimum atomic E-state index is -0.999. The van der Waals surface area contributed by atoms with Crippen molar-refractivity contribution in [3.8, 4) is 5.69 Å². The van der Waals surface area contributed by atoms with Crippen LogP contribution in [0.1, 0.15) is 6.42 Å². The molecule has 26 heavy (non-hydrogen) atoms. The number of halogens is 1. The maximum Gasteiger partial charge on any atom is 0.310 e. The molecule has 2 aromatic heterocycles. The summed E-state index contributed by atoms with van der Waals surface area (Å²) in [6.07, 6.45) is 4.78. The molecule has 0 radical (unpaired) electrons. The number of pyridine rings is 1. The minimum Gasteiger partial charge on any atom is -0.481 e. The highest BCUT2D eigenvalue weighted by molar-refractivity contribution is 6.31. The smallest absolute Gasteiger partial charge is 0.310 e. The summed E-state index contributed by atoms with van der Waals surface area (Å²) in [5, 5.41) is 20.8. The fraction of sp³-hybridized carbons (Fsp3) is 0.278. The quantitative estimate of drug-likeness (QED) is 0.733. The first kappa shape index (κ1) is 16.8. The fourth-order valence-electron chi connectivity index (χ4n) is 3.34. The second kappa shape index (κ2) is 6.59. The standard InChI is InChI=1S/C18H17ClN4O3/c19-11-1-2-12-14(7-11)21-17(8-15(12)23-6-4-20-10-23)22-5-3-16(24)13(9-22)18(25)26/h1-2,4,6-8,10,13,16,24H,3,5,9H2,(H,25,26)/t13-,16+/m1/s1. The summed E-state index contributed by atoms with van der Waals surface area (Å²) >= 11 is 6.13. The summed E-state index contributed by atoms with van der Waals surface area (Å²) in [5.74, 6) is -1.18. The molecule has 8 heteroatoms. The number of aliphatic hydroxyl groups is 1. The molecule has 2 atom stereocenters. The van der Waals surface area contributed by atoms with E-state index in [0.717, 1.165) is 16.6 Å². The number of carbonyl (C=O) groups is 1. The van der Waals surface area contributed by atoms with Crippen LogP contribution in [0.15, 0.2) is 43.0 Å². The molecular weight excluding hydrogens is 356 g/mol. The Hall–Kier alpha value is -2.64. The number of anilines is 1. The van der Waals surface area contributed by atoms with Gasteiger partial charge in [0.25, 0.3) is 0 Å². The molecule has 0 saturated carbocycles. The summed E-state index contributed by atoms with van der Waals surface area (Å²) in [6, 6.07) is 7.41. The molecule has 0 unspecified atom stereocenters. The van der Waals surface area contributed by atoms with E-state index in [1.165, 1.54) is 0 Å². The lowest BCUT2D eigenvalue weighted by molar-refractivity contribution is -0.146. The third-order valence-electron chi connectivity index (χ3n) is 4.74. The van der Waals surface area contributed by atoms with E-state index in [2.05, 4.69) is 9.97 Å². The molecule has 3 heterocycles. The average molecular weight is 373 g/mol. The Morgan fingerprint density at radius 1 is 1.31 bits per heavy atom. The first-order chi connectivity index (χ1) is 12.5. The third kappa shape index (κ3) is 3.00. The highest BCUT2D eigenvalue weighted by atomic mass is 35.5. The molecule has 0 spiro atoms. The molecule has 4 rings (SSSR count). The number of aromatic nitrogens is 3. The van der Waals surface area contributed by atoms with E-state index >= 15 is 0 Å². The predicted octanol–water partition coefficient (Wildman–Crippen LogP) is 2.35. The lowest BCUT2D eigenvalue weighted by Crippen LogP contribution is -2.46. The van der Waals surface area contributed by atoms with E-state index in [4.69, 9.17) is 11.6 Å². The van der Waals surface area contributed by atoms with Crippen molar-refractivity contribution in [3.05, 3.63) is 48.0 Å². The van der Waals surface area contributed by atoms with Crippen molar-refractivity contribution in [2.75, 3.05) is 18.0 Å². The molecule has 1 aliphatic rings. The van der Waals surface area contributed by atoms with Crippen molar-refractivity contribution in [1.82, 2.24) is 14.5 Å². The Bertz CT molecular complexity index is 960. The average Bonchev–Trinajstić information content (AvgIpc) is 3.15. The second-order valence-electron chi connectivity index (χ2n) is 6.38. The molecule has 3 aromatic rings. The summed E-state index contributed by atoms with van der Waals surface area (Å²) in [6.45, 7) is 0.742. The Kier molecular flexibility index (Phi) is 4.26. The molecule has 1 saturated heterocycles. The number of aliphatic hydroxyl groups excluding tert-OH is 1.